The fraction of sp³-hybridized carbons (Fsp3) is 0.400. The standard InChI is InChI=1S/C25H26Cl2N4O4S/c1-24(2)10-16-11-25(3,12-24)13-31(16)36(34,35)17-6-4-14(5-7-17)22(32)30-29-21-18-8-15(26)9-19(27)20(18)28-23(21)33/h4-9,16,28,33H,10-13H2,1-3H3/t16-,25+/m0/s1. The molecular formula is C25H26Cl2N4O4S. The third kappa shape index (κ3) is 4.42. The number of nitrogens with zero attached hydrogens (tertiary/aromatic N) is 3. The van der Waals surface area contributed by atoms with Gasteiger partial charge in [0.05, 0.1) is 15.4 Å². The minimum Gasteiger partial charge on any atom is -0.493 e. The van der Waals surface area contributed by atoms with E-state index in [0.717, 1.165) is 19.3 Å². The number of hydrogen-bond acceptors (Lipinski definition) is 5. The topological polar surface area (TPSA) is 115 Å². The Bertz CT molecular complexity index is 1520. The first-order valence-corrected chi connectivity index (χ1v) is 13.8. The van der Waals surface area contributed by atoms with Crippen molar-refractivity contribution in [2.45, 2.75) is 51.0 Å². The van der Waals surface area contributed by atoms with Crippen molar-refractivity contribution in [3.63, 3.8) is 0 Å². The predicted molar refractivity (Wildman–Crippen MR) is 139 cm³/mol. The van der Waals surface area contributed by atoms with E-state index in [1.807, 2.05) is 0 Å². The second-order valence-corrected chi connectivity index (χ2v) is 13.7. The summed E-state index contributed by atoms with van der Waals surface area (Å²) >= 11 is 12.2. The molecule has 0 unspecified atom stereocenters. The van der Waals surface area contributed by atoms with E-state index in [-0.39, 0.29) is 43.9 Å². The molecule has 2 bridgehead atoms. The maximum absolute atomic E-state index is 13.5. The number of H-pyrrole nitrogens is 1. The molecule has 2 aliphatic rings. The van der Waals surface area contributed by atoms with Crippen molar-refractivity contribution in [2.24, 2.45) is 21.1 Å². The fourth-order valence-electron chi connectivity index (χ4n) is 6.04. The summed E-state index contributed by atoms with van der Waals surface area (Å²) < 4.78 is 28.5. The first kappa shape index (κ1) is 25.2. The molecule has 0 spiro atoms. The lowest BCUT2D eigenvalue weighted by molar-refractivity contribution is 0.0995. The monoisotopic (exact) mass is 548 g/mol. The van der Waals surface area contributed by atoms with Crippen molar-refractivity contribution >= 4 is 55.7 Å². The maximum atomic E-state index is 13.5. The van der Waals surface area contributed by atoms with Gasteiger partial charge >= 0.3 is 0 Å². The van der Waals surface area contributed by atoms with Crippen LogP contribution in [-0.2, 0) is 10.0 Å². The van der Waals surface area contributed by atoms with Gasteiger partial charge in [0.15, 0.2) is 5.69 Å². The van der Waals surface area contributed by atoms with Crippen molar-refractivity contribution in [1.29, 1.82) is 0 Å². The molecule has 3 aromatic rings. The van der Waals surface area contributed by atoms with E-state index in [2.05, 4.69) is 36.0 Å². The molecule has 1 aromatic heterocycles. The van der Waals surface area contributed by atoms with E-state index in [0.29, 0.717) is 22.5 Å². The minimum atomic E-state index is -3.70. The molecule has 2 heterocycles. The zero-order valence-electron chi connectivity index (χ0n) is 20.0. The number of aromatic nitrogens is 1. The molecule has 1 aliphatic heterocycles. The maximum Gasteiger partial charge on any atom is 0.295 e. The van der Waals surface area contributed by atoms with Crippen molar-refractivity contribution < 1.29 is 18.3 Å². The van der Waals surface area contributed by atoms with Gasteiger partial charge in [-0.1, -0.05) is 44.0 Å². The number of rotatable bonds is 4. The molecule has 0 radical (unpaired) electrons. The lowest BCUT2D eigenvalue weighted by Crippen LogP contribution is -2.37. The normalized spacial score (nSPS) is 24.1. The van der Waals surface area contributed by atoms with Crippen molar-refractivity contribution in [2.75, 3.05) is 6.54 Å². The number of nitrogens with one attached hydrogen (secondary N) is 1. The van der Waals surface area contributed by atoms with E-state index in [4.69, 9.17) is 23.2 Å². The summed E-state index contributed by atoms with van der Waals surface area (Å²) in [6, 6.07) is 8.73. The molecule has 36 heavy (non-hydrogen) atoms. The van der Waals surface area contributed by atoms with Crippen LogP contribution in [0.1, 0.15) is 50.4 Å². The average Bonchev–Trinajstić information content (AvgIpc) is 3.23. The molecule has 5 rings (SSSR count). The third-order valence-corrected chi connectivity index (χ3v) is 9.52. The van der Waals surface area contributed by atoms with Crippen LogP contribution in [0.2, 0.25) is 10.0 Å². The van der Waals surface area contributed by atoms with Crippen LogP contribution >= 0.6 is 23.2 Å². The number of amides is 1. The van der Waals surface area contributed by atoms with Gasteiger partial charge in [-0.05, 0) is 66.5 Å². The first-order chi connectivity index (χ1) is 16.8. The SMILES string of the molecule is CC1(C)C[C@H]2C[C@@](C)(CN2S(=O)(=O)c2ccc(C(=O)N=Nc3c(O)[nH]c4c(Cl)cc(Cl)cc34)cc2)C1. The van der Waals surface area contributed by atoms with Crippen LogP contribution in [0.5, 0.6) is 5.88 Å². The molecule has 1 saturated heterocycles. The highest BCUT2D eigenvalue weighted by molar-refractivity contribution is 7.89. The molecule has 1 saturated carbocycles. The molecule has 1 aliphatic carbocycles. The van der Waals surface area contributed by atoms with Crippen LogP contribution in [0.3, 0.4) is 0 Å². The summed E-state index contributed by atoms with van der Waals surface area (Å²) in [6.45, 7) is 7.06. The zero-order chi connectivity index (χ0) is 26.0. The van der Waals surface area contributed by atoms with E-state index >= 15 is 0 Å². The van der Waals surface area contributed by atoms with Crippen LogP contribution in [0.25, 0.3) is 10.9 Å². The first-order valence-electron chi connectivity index (χ1n) is 11.6. The van der Waals surface area contributed by atoms with Gasteiger partial charge in [0, 0.05) is 28.6 Å². The Kier molecular flexibility index (Phi) is 5.98. The molecule has 2 N–H and O–H groups in total. The van der Waals surface area contributed by atoms with Gasteiger partial charge in [-0.25, -0.2) is 8.42 Å². The quantitative estimate of drug-likeness (QED) is 0.353. The molecular weight excluding hydrogens is 523 g/mol. The molecule has 11 heteroatoms. The van der Waals surface area contributed by atoms with E-state index in [1.54, 1.807) is 10.4 Å². The smallest absolute Gasteiger partial charge is 0.295 e. The van der Waals surface area contributed by atoms with Crippen molar-refractivity contribution in [3.05, 3.63) is 52.0 Å². The highest BCUT2D eigenvalue weighted by Crippen LogP contribution is 2.53. The summed E-state index contributed by atoms with van der Waals surface area (Å²) in [5.41, 5.74) is 0.676. The predicted octanol–water partition coefficient (Wildman–Crippen LogP) is 6.69. The number of benzene rings is 2. The van der Waals surface area contributed by atoms with Gasteiger partial charge in [0.25, 0.3) is 5.91 Å². The highest BCUT2D eigenvalue weighted by Gasteiger charge is 2.53. The Morgan fingerprint density at radius 1 is 1.14 bits per heavy atom. The lowest BCUT2D eigenvalue weighted by Gasteiger charge is -2.39. The van der Waals surface area contributed by atoms with E-state index in [1.165, 1.54) is 30.3 Å². The number of hydrogen-bond donors (Lipinski definition) is 2. The Labute approximate surface area is 219 Å². The van der Waals surface area contributed by atoms with Gasteiger partial charge in [-0.15, -0.1) is 10.2 Å². The van der Waals surface area contributed by atoms with E-state index < -0.39 is 15.9 Å². The lowest BCUT2D eigenvalue weighted by atomic mass is 9.65. The highest BCUT2D eigenvalue weighted by atomic mass is 35.5. The van der Waals surface area contributed by atoms with Crippen LogP contribution < -0.4 is 0 Å². The zero-order valence-corrected chi connectivity index (χ0v) is 22.4. The summed E-state index contributed by atoms with van der Waals surface area (Å²) in [6.07, 6.45) is 2.69. The number of aromatic hydroxyl groups is 1. The number of aromatic amines is 1. The Hall–Kier alpha value is -2.46. The van der Waals surface area contributed by atoms with Crippen molar-refractivity contribution in [3.8, 4) is 5.88 Å². The van der Waals surface area contributed by atoms with Gasteiger partial charge in [0.1, 0.15) is 0 Å². The molecule has 2 aromatic carbocycles. The number of carbonyl (C=O) groups is 1. The third-order valence-electron chi connectivity index (χ3n) is 7.09. The number of sulfonamides is 1. The molecule has 190 valence electrons. The van der Waals surface area contributed by atoms with Gasteiger partial charge in [-0.2, -0.15) is 4.31 Å². The van der Waals surface area contributed by atoms with E-state index in [9.17, 15) is 18.3 Å². The minimum absolute atomic E-state index is 0.0234. The van der Waals surface area contributed by atoms with Gasteiger partial charge < -0.3 is 10.1 Å². The second kappa shape index (κ2) is 8.55. The Balaban J connectivity index is 1.37. The number of halogens is 2. The van der Waals surface area contributed by atoms with Crippen molar-refractivity contribution in [1.82, 2.24) is 9.29 Å². The Morgan fingerprint density at radius 3 is 2.53 bits per heavy atom. The number of carbonyl (C=O) groups excluding carboxylic acids is 1. The second-order valence-electron chi connectivity index (χ2n) is 10.9. The summed E-state index contributed by atoms with van der Waals surface area (Å²) in [7, 11) is -3.70. The summed E-state index contributed by atoms with van der Waals surface area (Å²) in [5.74, 6) is -0.994. The fourth-order valence-corrected chi connectivity index (χ4v) is 8.36. The largest absolute Gasteiger partial charge is 0.493 e. The van der Waals surface area contributed by atoms with Gasteiger partial charge in [-0.3, -0.25) is 4.79 Å². The summed E-state index contributed by atoms with van der Waals surface area (Å²) in [5, 5.41) is 18.8. The summed E-state index contributed by atoms with van der Waals surface area (Å²) in [4.78, 5) is 15.5. The average molecular weight is 549 g/mol. The van der Waals surface area contributed by atoms with Gasteiger partial charge in [0.2, 0.25) is 15.9 Å². The number of fused-ring (bicyclic) bond motifs is 3. The van der Waals surface area contributed by atoms with Crippen LogP contribution in [0.15, 0.2) is 51.5 Å². The van der Waals surface area contributed by atoms with Crippen LogP contribution in [0, 0.1) is 10.8 Å². The molecule has 8 nitrogen and oxygen atoms in total. The molecule has 1 amide bonds. The molecule has 2 fully saturated rings. The molecule has 2 atom stereocenters. The van der Waals surface area contributed by atoms with Crippen LogP contribution in [-0.4, -0.2) is 41.3 Å². The van der Waals surface area contributed by atoms with Crippen LogP contribution in [0.4, 0.5) is 5.69 Å². The number of azo groups is 1. The Morgan fingerprint density at radius 2 is 1.83 bits per heavy atom.